The van der Waals surface area contributed by atoms with Gasteiger partial charge in [0.1, 0.15) is 17.6 Å². The highest BCUT2D eigenvalue weighted by Gasteiger charge is 2.27. The number of fused-ring (bicyclic) bond motifs is 2. The Morgan fingerprint density at radius 2 is 2.07 bits per heavy atom. The first kappa shape index (κ1) is 18.0. The van der Waals surface area contributed by atoms with Crippen molar-refractivity contribution in [3.05, 3.63) is 59.3 Å². The van der Waals surface area contributed by atoms with Crippen molar-refractivity contribution in [1.82, 2.24) is 4.98 Å². The molecular weight excluding hydrogens is 364 g/mol. The van der Waals surface area contributed by atoms with Crippen LogP contribution in [0.25, 0.3) is 10.9 Å². The summed E-state index contributed by atoms with van der Waals surface area (Å²) in [6.45, 7) is 4.51. The predicted octanol–water partition coefficient (Wildman–Crippen LogP) is 5.09. The van der Waals surface area contributed by atoms with Crippen LogP contribution in [0.1, 0.15) is 54.2 Å². The summed E-state index contributed by atoms with van der Waals surface area (Å²) in [5, 5.41) is 3.92. The van der Waals surface area contributed by atoms with E-state index < -0.39 is 0 Å². The lowest BCUT2D eigenvalue weighted by molar-refractivity contribution is 0.102. The highest BCUT2D eigenvalue weighted by molar-refractivity contribution is 6.13. The van der Waals surface area contributed by atoms with E-state index in [1.165, 1.54) is 0 Å². The fourth-order valence-corrected chi connectivity index (χ4v) is 3.97. The van der Waals surface area contributed by atoms with Crippen molar-refractivity contribution in [2.75, 3.05) is 11.9 Å². The number of hydrogen-bond acceptors (Lipinski definition) is 4. The fraction of sp³-hybridized carbons (Fsp3) is 0.333. The Morgan fingerprint density at radius 1 is 1.24 bits per heavy atom. The minimum atomic E-state index is -0.155. The molecule has 1 aliphatic heterocycles. The van der Waals surface area contributed by atoms with Crippen LogP contribution in [-0.4, -0.2) is 23.6 Å². The maximum Gasteiger partial charge on any atom is 0.256 e. The van der Waals surface area contributed by atoms with Crippen molar-refractivity contribution in [2.24, 2.45) is 0 Å². The van der Waals surface area contributed by atoms with Gasteiger partial charge in [0, 0.05) is 35.0 Å². The molecule has 1 aliphatic carbocycles. The van der Waals surface area contributed by atoms with Crippen molar-refractivity contribution >= 4 is 22.5 Å². The molecule has 2 aliphatic rings. The zero-order valence-electron chi connectivity index (χ0n) is 16.7. The molecule has 1 atom stereocenters. The van der Waals surface area contributed by atoms with E-state index in [1.807, 2.05) is 56.3 Å². The number of nitrogens with one attached hydrogen (secondary N) is 1. The Kier molecular flexibility index (Phi) is 4.38. The van der Waals surface area contributed by atoms with Gasteiger partial charge in [0.2, 0.25) is 0 Å². The molecular formula is C24H24N2O3. The number of nitrogens with zero attached hydrogens (tertiary/aromatic N) is 1. The first-order valence-corrected chi connectivity index (χ1v) is 10.3. The molecule has 3 aromatic rings. The van der Waals surface area contributed by atoms with Crippen molar-refractivity contribution in [3.63, 3.8) is 0 Å². The zero-order chi connectivity index (χ0) is 20.0. The van der Waals surface area contributed by atoms with E-state index in [4.69, 9.17) is 14.5 Å². The molecule has 5 nitrogen and oxygen atoms in total. The second-order valence-electron chi connectivity index (χ2n) is 7.86. The number of benzene rings is 2. The van der Waals surface area contributed by atoms with Crippen molar-refractivity contribution in [3.8, 4) is 11.5 Å². The third kappa shape index (κ3) is 3.41. The van der Waals surface area contributed by atoms with E-state index in [1.54, 1.807) is 0 Å². The quantitative estimate of drug-likeness (QED) is 0.662. The third-order valence-corrected chi connectivity index (χ3v) is 5.52. The maximum atomic E-state index is 13.3. The van der Waals surface area contributed by atoms with Gasteiger partial charge in [0.05, 0.1) is 23.4 Å². The van der Waals surface area contributed by atoms with Gasteiger partial charge in [-0.15, -0.1) is 0 Å². The number of rotatable bonds is 5. The van der Waals surface area contributed by atoms with Gasteiger partial charge in [-0.2, -0.15) is 0 Å². The van der Waals surface area contributed by atoms with Gasteiger partial charge in [-0.1, -0.05) is 18.2 Å². The number of carbonyl (C=O) groups is 1. The number of anilines is 1. The summed E-state index contributed by atoms with van der Waals surface area (Å²) in [7, 11) is 0. The predicted molar refractivity (Wildman–Crippen MR) is 113 cm³/mol. The molecule has 5 rings (SSSR count). The first-order valence-electron chi connectivity index (χ1n) is 10.3. The van der Waals surface area contributed by atoms with E-state index in [2.05, 4.69) is 5.32 Å². The molecule has 1 fully saturated rings. The molecule has 1 aromatic heterocycles. The SMILES string of the molecule is CCOc1cc2c(cc1NC(=O)c1cc(C3CC3)nc3ccccc13)OC(C)C2. The van der Waals surface area contributed by atoms with Crippen LogP contribution in [0, 0.1) is 0 Å². The van der Waals surface area contributed by atoms with Crippen LogP contribution in [0.4, 0.5) is 5.69 Å². The molecule has 29 heavy (non-hydrogen) atoms. The second kappa shape index (κ2) is 7.07. The summed E-state index contributed by atoms with van der Waals surface area (Å²) < 4.78 is 11.7. The van der Waals surface area contributed by atoms with E-state index >= 15 is 0 Å². The Labute approximate surface area is 170 Å². The highest BCUT2D eigenvalue weighted by atomic mass is 16.5. The van der Waals surface area contributed by atoms with E-state index in [-0.39, 0.29) is 12.0 Å². The van der Waals surface area contributed by atoms with Gasteiger partial charge in [-0.25, -0.2) is 0 Å². The summed E-state index contributed by atoms with van der Waals surface area (Å²) in [5.74, 6) is 1.81. The van der Waals surface area contributed by atoms with Crippen LogP contribution in [0.3, 0.4) is 0 Å². The number of aromatic nitrogens is 1. The molecule has 5 heteroatoms. The lowest BCUT2D eigenvalue weighted by Crippen LogP contribution is -2.14. The average Bonchev–Trinajstić information content (AvgIpc) is 3.50. The van der Waals surface area contributed by atoms with Gasteiger partial charge >= 0.3 is 0 Å². The number of hydrogen-bond donors (Lipinski definition) is 1. The second-order valence-corrected chi connectivity index (χ2v) is 7.86. The lowest BCUT2D eigenvalue weighted by atomic mass is 10.0. The Balaban J connectivity index is 1.53. The molecule has 1 saturated carbocycles. The summed E-state index contributed by atoms with van der Waals surface area (Å²) in [6.07, 6.45) is 3.27. The van der Waals surface area contributed by atoms with Crippen molar-refractivity contribution in [1.29, 1.82) is 0 Å². The molecule has 0 saturated heterocycles. The average molecular weight is 388 g/mol. The summed E-state index contributed by atoms with van der Waals surface area (Å²) in [4.78, 5) is 18.1. The highest BCUT2D eigenvalue weighted by Crippen LogP contribution is 2.41. The third-order valence-electron chi connectivity index (χ3n) is 5.52. The van der Waals surface area contributed by atoms with Crippen LogP contribution in [0.2, 0.25) is 0 Å². The largest absolute Gasteiger partial charge is 0.492 e. The van der Waals surface area contributed by atoms with Gasteiger partial charge < -0.3 is 14.8 Å². The smallest absolute Gasteiger partial charge is 0.256 e. The van der Waals surface area contributed by atoms with Crippen molar-refractivity contribution in [2.45, 2.75) is 45.1 Å². The zero-order valence-corrected chi connectivity index (χ0v) is 16.7. The van der Waals surface area contributed by atoms with Gasteiger partial charge in [-0.05, 0) is 44.9 Å². The minimum absolute atomic E-state index is 0.135. The number of amides is 1. The number of pyridine rings is 1. The molecule has 0 radical (unpaired) electrons. The van der Waals surface area contributed by atoms with Gasteiger partial charge in [0.25, 0.3) is 5.91 Å². The normalized spacial score (nSPS) is 17.7. The van der Waals surface area contributed by atoms with Crippen LogP contribution in [0.15, 0.2) is 42.5 Å². The van der Waals surface area contributed by atoms with Crippen LogP contribution < -0.4 is 14.8 Å². The number of para-hydroxylation sites is 1. The molecule has 0 bridgehead atoms. The molecule has 1 unspecified atom stereocenters. The Hall–Kier alpha value is -3.08. The molecule has 148 valence electrons. The Bertz CT molecular complexity index is 1100. The number of carbonyl (C=O) groups excluding carboxylic acids is 1. The summed E-state index contributed by atoms with van der Waals surface area (Å²) >= 11 is 0. The van der Waals surface area contributed by atoms with Gasteiger partial charge in [0.15, 0.2) is 0 Å². The molecule has 2 heterocycles. The monoisotopic (exact) mass is 388 g/mol. The van der Waals surface area contributed by atoms with Crippen LogP contribution >= 0.6 is 0 Å². The Morgan fingerprint density at radius 3 is 2.86 bits per heavy atom. The minimum Gasteiger partial charge on any atom is -0.492 e. The lowest BCUT2D eigenvalue weighted by Gasteiger charge is -2.15. The summed E-state index contributed by atoms with van der Waals surface area (Å²) in [6, 6.07) is 13.6. The van der Waals surface area contributed by atoms with Crippen molar-refractivity contribution < 1.29 is 14.3 Å². The molecule has 0 spiro atoms. The maximum absolute atomic E-state index is 13.3. The molecule has 2 aromatic carbocycles. The number of ether oxygens (including phenoxy) is 2. The van der Waals surface area contributed by atoms with E-state index in [0.717, 1.165) is 47.2 Å². The van der Waals surface area contributed by atoms with Crippen LogP contribution in [0.5, 0.6) is 11.5 Å². The first-order chi connectivity index (χ1) is 14.1. The topological polar surface area (TPSA) is 60.5 Å². The van der Waals surface area contributed by atoms with E-state index in [0.29, 0.717) is 29.5 Å². The summed E-state index contributed by atoms with van der Waals surface area (Å²) in [5.41, 5.74) is 4.26. The van der Waals surface area contributed by atoms with E-state index in [9.17, 15) is 4.79 Å². The molecule has 1 amide bonds. The standard InChI is InChI=1S/C24H24N2O3/c1-3-28-23-11-16-10-14(2)29-22(16)13-21(23)26-24(27)18-12-20(15-8-9-15)25-19-7-5-4-6-17(18)19/h4-7,11-15H,3,8-10H2,1-2H3,(H,26,27). The van der Waals surface area contributed by atoms with Crippen LogP contribution in [-0.2, 0) is 6.42 Å². The van der Waals surface area contributed by atoms with Gasteiger partial charge in [-0.3, -0.25) is 9.78 Å². The fourth-order valence-electron chi connectivity index (χ4n) is 3.97. The molecule has 1 N–H and O–H groups in total.